The molecule has 1 aliphatic rings. The van der Waals surface area contributed by atoms with Crippen LogP contribution in [0.3, 0.4) is 0 Å². The Kier molecular flexibility index (Phi) is 5.53. The van der Waals surface area contributed by atoms with Crippen LogP contribution in [0.1, 0.15) is 39.3 Å². The maximum absolute atomic E-state index is 5.77. The summed E-state index contributed by atoms with van der Waals surface area (Å²) in [6.07, 6.45) is 6.77. The Hall–Kier alpha value is -1.42. The number of nitrogens with zero attached hydrogens (tertiary/aromatic N) is 2. The highest BCUT2D eigenvalue weighted by atomic mass is 16.5. The van der Waals surface area contributed by atoms with Gasteiger partial charge in [-0.1, -0.05) is 32.9 Å². The van der Waals surface area contributed by atoms with Gasteiger partial charge < -0.3 is 10.1 Å². The monoisotopic (exact) mass is 275 g/mol. The predicted octanol–water partition coefficient (Wildman–Crippen LogP) is 2.96. The van der Waals surface area contributed by atoms with Gasteiger partial charge in [0.15, 0.2) is 0 Å². The minimum atomic E-state index is 0.452. The minimum Gasteiger partial charge on any atom is -0.476 e. The van der Waals surface area contributed by atoms with Crippen LogP contribution in [-0.2, 0) is 6.54 Å². The molecule has 1 aromatic rings. The van der Waals surface area contributed by atoms with Gasteiger partial charge in [-0.15, -0.1) is 5.10 Å². The molecule has 0 bridgehead atoms. The lowest BCUT2D eigenvalue weighted by atomic mass is 9.85. The Bertz CT molecular complexity index is 428. The molecular weight excluding hydrogens is 250 g/mol. The summed E-state index contributed by atoms with van der Waals surface area (Å²) in [6, 6.07) is 4.34. The van der Waals surface area contributed by atoms with E-state index in [1.54, 1.807) is 0 Å². The topological polar surface area (TPSA) is 47.0 Å². The molecule has 4 nitrogen and oxygen atoms in total. The van der Waals surface area contributed by atoms with E-state index >= 15 is 0 Å². The Morgan fingerprint density at radius 2 is 2.05 bits per heavy atom. The second kappa shape index (κ2) is 7.39. The highest BCUT2D eigenvalue weighted by molar-refractivity contribution is 5.11. The minimum absolute atomic E-state index is 0.452. The maximum Gasteiger partial charge on any atom is 0.233 e. The number of aromatic nitrogens is 2. The van der Waals surface area contributed by atoms with Crippen molar-refractivity contribution in [2.24, 2.45) is 11.8 Å². The van der Waals surface area contributed by atoms with Crippen LogP contribution in [0.5, 0.6) is 5.88 Å². The zero-order valence-electron chi connectivity index (χ0n) is 12.7. The van der Waals surface area contributed by atoms with Gasteiger partial charge >= 0.3 is 0 Å². The van der Waals surface area contributed by atoms with E-state index in [0.717, 1.165) is 31.7 Å². The zero-order chi connectivity index (χ0) is 14.4. The van der Waals surface area contributed by atoms with Crippen molar-refractivity contribution in [2.75, 3.05) is 6.61 Å². The van der Waals surface area contributed by atoms with Gasteiger partial charge in [0, 0.05) is 18.7 Å². The fourth-order valence-electron chi connectivity index (χ4n) is 2.26. The van der Waals surface area contributed by atoms with E-state index in [9.17, 15) is 0 Å². The van der Waals surface area contributed by atoms with Gasteiger partial charge in [-0.05, 0) is 30.7 Å². The largest absolute Gasteiger partial charge is 0.476 e. The van der Waals surface area contributed by atoms with Gasteiger partial charge in [-0.3, -0.25) is 0 Å². The average molecular weight is 275 g/mol. The average Bonchev–Trinajstić information content (AvgIpc) is 2.45. The van der Waals surface area contributed by atoms with E-state index in [2.05, 4.69) is 48.4 Å². The van der Waals surface area contributed by atoms with Crippen LogP contribution in [0.2, 0.25) is 0 Å². The van der Waals surface area contributed by atoms with E-state index in [0.29, 0.717) is 23.8 Å². The van der Waals surface area contributed by atoms with Crippen molar-refractivity contribution in [1.29, 1.82) is 0 Å². The first-order valence-electron chi connectivity index (χ1n) is 7.49. The first kappa shape index (κ1) is 15.0. The van der Waals surface area contributed by atoms with Gasteiger partial charge in [0.1, 0.15) is 0 Å². The summed E-state index contributed by atoms with van der Waals surface area (Å²) in [6.45, 7) is 7.98. The zero-order valence-corrected chi connectivity index (χ0v) is 12.7. The van der Waals surface area contributed by atoms with Crippen LogP contribution in [0, 0.1) is 11.8 Å². The Labute approximate surface area is 121 Å². The van der Waals surface area contributed by atoms with E-state index in [-0.39, 0.29) is 0 Å². The van der Waals surface area contributed by atoms with Crippen LogP contribution in [0.15, 0.2) is 24.3 Å². The lowest BCUT2D eigenvalue weighted by molar-refractivity contribution is 0.191. The molecule has 0 aromatic carbocycles. The molecule has 2 unspecified atom stereocenters. The van der Waals surface area contributed by atoms with E-state index < -0.39 is 0 Å². The van der Waals surface area contributed by atoms with Gasteiger partial charge in [0.2, 0.25) is 5.88 Å². The van der Waals surface area contributed by atoms with E-state index in [4.69, 9.17) is 4.74 Å². The molecule has 0 aliphatic heterocycles. The number of allylic oxidation sites excluding steroid dienone is 2. The van der Waals surface area contributed by atoms with Crippen LogP contribution in [-0.4, -0.2) is 22.8 Å². The molecule has 0 fully saturated rings. The summed E-state index contributed by atoms with van der Waals surface area (Å²) in [7, 11) is 0. The highest BCUT2D eigenvalue weighted by Crippen LogP contribution is 2.25. The van der Waals surface area contributed by atoms with Crippen LogP contribution < -0.4 is 10.1 Å². The quantitative estimate of drug-likeness (QED) is 0.811. The number of nitrogens with one attached hydrogen (secondary N) is 1. The Morgan fingerprint density at radius 3 is 2.70 bits per heavy atom. The predicted molar refractivity (Wildman–Crippen MR) is 80.5 cm³/mol. The van der Waals surface area contributed by atoms with Crippen molar-refractivity contribution in [3.8, 4) is 5.88 Å². The number of rotatable bonds is 6. The van der Waals surface area contributed by atoms with Crippen molar-refractivity contribution in [2.45, 2.75) is 46.2 Å². The first-order chi connectivity index (χ1) is 9.65. The van der Waals surface area contributed by atoms with Gasteiger partial charge in [-0.25, -0.2) is 0 Å². The fourth-order valence-corrected chi connectivity index (χ4v) is 2.26. The van der Waals surface area contributed by atoms with Gasteiger partial charge in [0.25, 0.3) is 0 Å². The summed E-state index contributed by atoms with van der Waals surface area (Å²) in [5, 5.41) is 11.6. The molecule has 4 heteroatoms. The molecule has 0 amide bonds. The molecule has 2 atom stereocenters. The second-order valence-electron chi connectivity index (χ2n) is 5.89. The summed E-state index contributed by atoms with van der Waals surface area (Å²) in [5.41, 5.74) is 0.944. The molecule has 1 aliphatic carbocycles. The molecule has 1 heterocycles. The Balaban J connectivity index is 1.80. The number of hydrogen-bond acceptors (Lipinski definition) is 4. The number of ether oxygens (including phenoxy) is 1. The summed E-state index contributed by atoms with van der Waals surface area (Å²) < 4.78 is 5.77. The molecule has 1 N–H and O–H groups in total. The SMILES string of the molecule is CC(C)NCc1ccc(OCC2CC=CCC2C)nn1. The van der Waals surface area contributed by atoms with Gasteiger partial charge in [0.05, 0.1) is 12.3 Å². The van der Waals surface area contributed by atoms with Crippen molar-refractivity contribution in [1.82, 2.24) is 15.5 Å². The van der Waals surface area contributed by atoms with Crippen molar-refractivity contribution < 1.29 is 4.74 Å². The van der Waals surface area contributed by atoms with Crippen molar-refractivity contribution in [3.05, 3.63) is 30.0 Å². The molecule has 1 aromatic heterocycles. The molecule has 0 saturated heterocycles. The first-order valence-corrected chi connectivity index (χ1v) is 7.49. The molecule has 0 saturated carbocycles. The third-order valence-corrected chi connectivity index (χ3v) is 3.75. The third kappa shape index (κ3) is 4.60. The second-order valence-corrected chi connectivity index (χ2v) is 5.89. The summed E-state index contributed by atoms with van der Waals surface area (Å²) in [4.78, 5) is 0. The molecule has 2 rings (SSSR count). The summed E-state index contributed by atoms with van der Waals surface area (Å²) in [5.74, 6) is 1.90. The van der Waals surface area contributed by atoms with Crippen molar-refractivity contribution >= 4 is 0 Å². The van der Waals surface area contributed by atoms with Crippen LogP contribution >= 0.6 is 0 Å². The Morgan fingerprint density at radius 1 is 1.25 bits per heavy atom. The molecule has 0 radical (unpaired) electrons. The molecule has 110 valence electrons. The van der Waals surface area contributed by atoms with Gasteiger partial charge in [-0.2, -0.15) is 5.10 Å². The summed E-state index contributed by atoms with van der Waals surface area (Å²) >= 11 is 0. The van der Waals surface area contributed by atoms with E-state index in [1.807, 2.05) is 12.1 Å². The molecular formula is C16H25N3O. The van der Waals surface area contributed by atoms with Crippen molar-refractivity contribution in [3.63, 3.8) is 0 Å². The molecule has 20 heavy (non-hydrogen) atoms. The normalized spacial score (nSPS) is 22.2. The standard InChI is InChI=1S/C16H25N3O/c1-12(2)17-10-15-8-9-16(19-18-15)20-11-14-7-5-4-6-13(14)3/h4-5,8-9,12-14,17H,6-7,10-11H2,1-3H3. The van der Waals surface area contributed by atoms with E-state index in [1.165, 1.54) is 0 Å². The fraction of sp³-hybridized carbons (Fsp3) is 0.625. The smallest absolute Gasteiger partial charge is 0.233 e. The lowest BCUT2D eigenvalue weighted by Crippen LogP contribution is -2.23. The van der Waals surface area contributed by atoms with Crippen LogP contribution in [0.4, 0.5) is 0 Å². The highest BCUT2D eigenvalue weighted by Gasteiger charge is 2.19. The number of hydrogen-bond donors (Lipinski definition) is 1. The maximum atomic E-state index is 5.77. The van der Waals surface area contributed by atoms with Crippen LogP contribution in [0.25, 0.3) is 0 Å². The lowest BCUT2D eigenvalue weighted by Gasteiger charge is -2.24. The molecule has 0 spiro atoms. The third-order valence-electron chi connectivity index (χ3n) is 3.75.